The fourth-order valence-electron chi connectivity index (χ4n) is 3.20. The summed E-state index contributed by atoms with van der Waals surface area (Å²) < 4.78 is 11.6. The van der Waals surface area contributed by atoms with Gasteiger partial charge in [-0.05, 0) is 55.7 Å². The van der Waals surface area contributed by atoms with Gasteiger partial charge in [0.15, 0.2) is 11.5 Å². The highest BCUT2D eigenvalue weighted by atomic mass is 35.5. The molecule has 1 saturated heterocycles. The molecule has 1 fully saturated rings. The second-order valence-electron chi connectivity index (χ2n) is 6.83. The molecule has 0 atom stereocenters. The van der Waals surface area contributed by atoms with Crippen molar-refractivity contribution in [1.82, 2.24) is 4.90 Å². The van der Waals surface area contributed by atoms with Crippen molar-refractivity contribution in [3.8, 4) is 17.6 Å². The second kappa shape index (κ2) is 10.4. The molecular formula is C23H22Cl2N2O3. The summed E-state index contributed by atoms with van der Waals surface area (Å²) in [5.41, 5.74) is 1.61. The molecule has 0 unspecified atom stereocenters. The lowest BCUT2D eigenvalue weighted by atomic mass is 10.1. The van der Waals surface area contributed by atoms with Crippen LogP contribution in [-0.2, 0) is 11.4 Å². The Morgan fingerprint density at radius 1 is 1.13 bits per heavy atom. The molecule has 0 aliphatic carbocycles. The molecule has 2 aromatic carbocycles. The number of carbonyl (C=O) groups is 1. The van der Waals surface area contributed by atoms with Crippen LogP contribution in [0.3, 0.4) is 0 Å². The van der Waals surface area contributed by atoms with E-state index in [9.17, 15) is 10.1 Å². The minimum atomic E-state index is -0.231. The number of rotatable bonds is 7. The predicted molar refractivity (Wildman–Crippen MR) is 118 cm³/mol. The Bertz CT molecular complexity index is 992. The molecule has 5 nitrogen and oxygen atoms in total. The maximum Gasteiger partial charge on any atom is 0.264 e. The summed E-state index contributed by atoms with van der Waals surface area (Å²) in [5, 5.41) is 10.5. The maximum absolute atomic E-state index is 12.5. The maximum atomic E-state index is 12.5. The molecular weight excluding hydrogens is 423 g/mol. The van der Waals surface area contributed by atoms with Gasteiger partial charge in [-0.15, -0.1) is 0 Å². The van der Waals surface area contributed by atoms with Crippen LogP contribution in [0.1, 0.15) is 30.9 Å². The fourth-order valence-corrected chi connectivity index (χ4v) is 3.66. The molecule has 0 N–H and O–H groups in total. The van der Waals surface area contributed by atoms with Crippen LogP contribution >= 0.6 is 23.2 Å². The van der Waals surface area contributed by atoms with Crippen LogP contribution < -0.4 is 9.47 Å². The Morgan fingerprint density at radius 3 is 2.57 bits per heavy atom. The number of likely N-dealkylation sites (tertiary alicyclic amines) is 1. The zero-order valence-corrected chi connectivity index (χ0v) is 18.2. The van der Waals surface area contributed by atoms with Crippen molar-refractivity contribution in [3.05, 3.63) is 63.1 Å². The van der Waals surface area contributed by atoms with Crippen LogP contribution in [0, 0.1) is 11.3 Å². The molecule has 1 aliphatic rings. The smallest absolute Gasteiger partial charge is 0.264 e. The molecule has 0 aromatic heterocycles. The van der Waals surface area contributed by atoms with Crippen LogP contribution in [0.25, 0.3) is 6.08 Å². The van der Waals surface area contributed by atoms with E-state index in [0.717, 1.165) is 18.4 Å². The first-order valence-corrected chi connectivity index (χ1v) is 10.5. The van der Waals surface area contributed by atoms with E-state index in [-0.39, 0.29) is 18.1 Å². The first-order chi connectivity index (χ1) is 14.5. The summed E-state index contributed by atoms with van der Waals surface area (Å²) in [5.74, 6) is 0.845. The van der Waals surface area contributed by atoms with E-state index in [0.29, 0.717) is 46.8 Å². The van der Waals surface area contributed by atoms with Gasteiger partial charge < -0.3 is 14.4 Å². The summed E-state index contributed by atoms with van der Waals surface area (Å²) in [6.45, 7) is 3.97. The van der Waals surface area contributed by atoms with E-state index >= 15 is 0 Å². The van der Waals surface area contributed by atoms with Crippen molar-refractivity contribution in [1.29, 1.82) is 5.26 Å². The zero-order chi connectivity index (χ0) is 21.5. The van der Waals surface area contributed by atoms with Crippen LogP contribution in [0.15, 0.2) is 42.0 Å². The highest BCUT2D eigenvalue weighted by Crippen LogP contribution is 2.31. The van der Waals surface area contributed by atoms with E-state index < -0.39 is 0 Å². The normalized spacial score (nSPS) is 13.8. The number of hydrogen-bond donors (Lipinski definition) is 0. The van der Waals surface area contributed by atoms with Crippen molar-refractivity contribution < 1.29 is 14.3 Å². The van der Waals surface area contributed by atoms with Crippen LogP contribution in [0.2, 0.25) is 10.0 Å². The van der Waals surface area contributed by atoms with Crippen molar-refractivity contribution in [2.45, 2.75) is 26.4 Å². The zero-order valence-electron chi connectivity index (χ0n) is 16.7. The highest BCUT2D eigenvalue weighted by molar-refractivity contribution is 6.35. The largest absolute Gasteiger partial charge is 0.490 e. The van der Waals surface area contributed by atoms with Crippen molar-refractivity contribution in [2.24, 2.45) is 0 Å². The lowest BCUT2D eigenvalue weighted by Crippen LogP contribution is -2.28. The number of hydrogen-bond acceptors (Lipinski definition) is 4. The van der Waals surface area contributed by atoms with Crippen LogP contribution in [0.5, 0.6) is 11.5 Å². The Hall–Kier alpha value is -2.68. The van der Waals surface area contributed by atoms with Gasteiger partial charge in [0.25, 0.3) is 5.91 Å². The summed E-state index contributed by atoms with van der Waals surface area (Å²) in [6.07, 6.45) is 3.54. The van der Waals surface area contributed by atoms with Crippen LogP contribution in [-0.4, -0.2) is 30.5 Å². The molecule has 156 valence electrons. The molecule has 7 heteroatoms. The Labute approximate surface area is 186 Å². The first-order valence-electron chi connectivity index (χ1n) is 9.76. The molecule has 1 amide bonds. The van der Waals surface area contributed by atoms with Gasteiger partial charge in [-0.1, -0.05) is 35.3 Å². The van der Waals surface area contributed by atoms with Gasteiger partial charge in [0, 0.05) is 28.7 Å². The summed E-state index contributed by atoms with van der Waals surface area (Å²) in [6, 6.07) is 12.6. The molecule has 2 aromatic rings. The molecule has 0 saturated carbocycles. The predicted octanol–water partition coefficient (Wildman–Crippen LogP) is 5.50. The molecule has 30 heavy (non-hydrogen) atoms. The third-order valence-corrected chi connectivity index (χ3v) is 5.31. The topological polar surface area (TPSA) is 62.6 Å². The number of halogens is 2. The molecule has 0 bridgehead atoms. The van der Waals surface area contributed by atoms with E-state index in [1.165, 1.54) is 0 Å². The number of benzene rings is 2. The summed E-state index contributed by atoms with van der Waals surface area (Å²) in [7, 11) is 0. The molecule has 0 spiro atoms. The Morgan fingerprint density at radius 2 is 1.90 bits per heavy atom. The number of nitriles is 1. The third kappa shape index (κ3) is 5.47. The number of amides is 1. The number of ether oxygens (including phenoxy) is 2. The standard InChI is InChI=1S/C23H22Cl2N2O3/c1-2-29-22-12-16(11-18(14-26)23(28)27-9-3-4-10-27)5-8-21(22)30-15-17-6-7-19(24)13-20(17)25/h5-8,11-13H,2-4,9-10,15H2,1H3/b18-11+. The lowest BCUT2D eigenvalue weighted by Gasteiger charge is -2.15. The molecule has 3 rings (SSSR count). The van der Waals surface area contributed by atoms with Crippen molar-refractivity contribution in [3.63, 3.8) is 0 Å². The number of nitrogens with zero attached hydrogens (tertiary/aromatic N) is 2. The monoisotopic (exact) mass is 444 g/mol. The average molecular weight is 445 g/mol. The molecule has 1 heterocycles. The minimum absolute atomic E-state index is 0.112. The average Bonchev–Trinajstić information content (AvgIpc) is 3.27. The third-order valence-electron chi connectivity index (χ3n) is 4.72. The van der Waals surface area contributed by atoms with Gasteiger partial charge in [0.2, 0.25) is 0 Å². The molecule has 1 aliphatic heterocycles. The summed E-state index contributed by atoms with van der Waals surface area (Å²) in [4.78, 5) is 14.2. The van der Waals surface area contributed by atoms with Crippen molar-refractivity contribution >= 4 is 35.2 Å². The fraction of sp³-hybridized carbons (Fsp3) is 0.304. The Balaban J connectivity index is 1.80. The van der Waals surface area contributed by atoms with E-state index in [4.69, 9.17) is 32.7 Å². The van der Waals surface area contributed by atoms with Gasteiger partial charge in [0.1, 0.15) is 18.2 Å². The van der Waals surface area contributed by atoms with E-state index in [2.05, 4.69) is 0 Å². The highest BCUT2D eigenvalue weighted by Gasteiger charge is 2.21. The van der Waals surface area contributed by atoms with Gasteiger partial charge in [0.05, 0.1) is 6.61 Å². The van der Waals surface area contributed by atoms with E-state index in [1.807, 2.05) is 19.1 Å². The van der Waals surface area contributed by atoms with E-state index in [1.54, 1.807) is 41.3 Å². The number of carbonyl (C=O) groups excluding carboxylic acids is 1. The van der Waals surface area contributed by atoms with Gasteiger partial charge in [-0.25, -0.2) is 0 Å². The van der Waals surface area contributed by atoms with Gasteiger partial charge in [-0.3, -0.25) is 4.79 Å². The second-order valence-corrected chi connectivity index (χ2v) is 7.68. The van der Waals surface area contributed by atoms with Gasteiger partial charge >= 0.3 is 0 Å². The summed E-state index contributed by atoms with van der Waals surface area (Å²) >= 11 is 12.1. The lowest BCUT2D eigenvalue weighted by molar-refractivity contribution is -0.125. The first kappa shape index (κ1) is 22.0. The molecule has 0 radical (unpaired) electrons. The Kier molecular flexibility index (Phi) is 7.62. The SMILES string of the molecule is CCOc1cc(/C=C(\C#N)C(=O)N2CCCC2)ccc1OCc1ccc(Cl)cc1Cl. The minimum Gasteiger partial charge on any atom is -0.490 e. The van der Waals surface area contributed by atoms with Crippen LogP contribution in [0.4, 0.5) is 0 Å². The van der Waals surface area contributed by atoms with Gasteiger partial charge in [-0.2, -0.15) is 5.26 Å². The quantitative estimate of drug-likeness (QED) is 0.417. The van der Waals surface area contributed by atoms with Crippen molar-refractivity contribution in [2.75, 3.05) is 19.7 Å².